The molecule has 4 heterocycles. The van der Waals surface area contributed by atoms with E-state index in [0.717, 1.165) is 58.7 Å². The molecule has 0 saturated carbocycles. The van der Waals surface area contributed by atoms with Gasteiger partial charge in [0, 0.05) is 37.3 Å². The zero-order valence-electron chi connectivity index (χ0n) is 19.5. The van der Waals surface area contributed by atoms with Gasteiger partial charge in [0.15, 0.2) is 0 Å². The van der Waals surface area contributed by atoms with Crippen LogP contribution in [-0.4, -0.2) is 70.5 Å². The Labute approximate surface area is 213 Å². The highest BCUT2D eigenvalue weighted by Gasteiger charge is 2.27. The standard InChI is InChI=1S/C25H28ClN5O3S/c1-34-16-3-4-20-18(10-16)17(19(26)12-28-20)6-8-31-9-7-21(22(32)13-31)27-11-15-2-5-23-25(29-15)30-24(33)14-35-23/h2-5,10,12,21-22,27,32H,6-9,11,13-14H2,1H3,(H,29,30,33)/t21-,22-/m0/s1. The molecule has 184 valence electrons. The lowest BCUT2D eigenvalue weighted by Crippen LogP contribution is -2.52. The molecule has 1 amide bonds. The van der Waals surface area contributed by atoms with Crippen LogP contribution >= 0.6 is 23.4 Å². The number of carbonyl (C=O) groups is 1. The van der Waals surface area contributed by atoms with E-state index < -0.39 is 6.10 Å². The maximum absolute atomic E-state index is 11.6. The summed E-state index contributed by atoms with van der Waals surface area (Å²) in [5.74, 6) is 1.80. The summed E-state index contributed by atoms with van der Waals surface area (Å²) in [6.45, 7) is 2.80. The molecule has 10 heteroatoms. The van der Waals surface area contributed by atoms with Crippen molar-refractivity contribution in [1.29, 1.82) is 0 Å². The van der Waals surface area contributed by atoms with Gasteiger partial charge < -0.3 is 25.4 Å². The van der Waals surface area contributed by atoms with Crippen LogP contribution in [0.2, 0.25) is 5.02 Å². The van der Waals surface area contributed by atoms with Crippen LogP contribution in [0.15, 0.2) is 41.4 Å². The fourth-order valence-corrected chi connectivity index (χ4v) is 5.63. The van der Waals surface area contributed by atoms with E-state index in [1.165, 1.54) is 11.8 Å². The van der Waals surface area contributed by atoms with Crippen molar-refractivity contribution in [3.8, 4) is 5.75 Å². The molecule has 1 aromatic carbocycles. The quantitative estimate of drug-likeness (QED) is 0.443. The first-order chi connectivity index (χ1) is 17.0. The van der Waals surface area contributed by atoms with Crippen molar-refractivity contribution >= 4 is 46.0 Å². The average molecular weight is 514 g/mol. The van der Waals surface area contributed by atoms with E-state index in [4.69, 9.17) is 16.3 Å². The molecular weight excluding hydrogens is 486 g/mol. The van der Waals surface area contributed by atoms with E-state index >= 15 is 0 Å². The molecule has 0 aliphatic carbocycles. The molecule has 0 unspecified atom stereocenters. The number of halogens is 1. The van der Waals surface area contributed by atoms with Crippen LogP contribution in [-0.2, 0) is 17.8 Å². The molecule has 1 saturated heterocycles. The van der Waals surface area contributed by atoms with Gasteiger partial charge in [0.2, 0.25) is 5.91 Å². The van der Waals surface area contributed by atoms with Crippen LogP contribution in [0.5, 0.6) is 5.75 Å². The summed E-state index contributed by atoms with van der Waals surface area (Å²) in [7, 11) is 1.65. The molecular formula is C25H28ClN5O3S. The Morgan fingerprint density at radius 1 is 1.34 bits per heavy atom. The topological polar surface area (TPSA) is 99.6 Å². The van der Waals surface area contributed by atoms with Gasteiger partial charge in [-0.2, -0.15) is 0 Å². The summed E-state index contributed by atoms with van der Waals surface area (Å²) in [6.07, 6.45) is 2.81. The number of aliphatic hydroxyl groups is 1. The number of amides is 1. The number of methoxy groups -OCH3 is 1. The van der Waals surface area contributed by atoms with Gasteiger partial charge in [-0.05, 0) is 55.3 Å². The highest BCUT2D eigenvalue weighted by molar-refractivity contribution is 8.00. The number of hydrogen-bond donors (Lipinski definition) is 3. The van der Waals surface area contributed by atoms with Gasteiger partial charge in [0.25, 0.3) is 0 Å². The zero-order chi connectivity index (χ0) is 24.4. The lowest BCUT2D eigenvalue weighted by atomic mass is 10.00. The van der Waals surface area contributed by atoms with Crippen LogP contribution in [0.3, 0.4) is 0 Å². The predicted molar refractivity (Wildman–Crippen MR) is 138 cm³/mol. The van der Waals surface area contributed by atoms with Gasteiger partial charge in [-0.15, -0.1) is 11.8 Å². The van der Waals surface area contributed by atoms with Crippen molar-refractivity contribution in [1.82, 2.24) is 20.2 Å². The van der Waals surface area contributed by atoms with E-state index in [1.54, 1.807) is 13.3 Å². The Kier molecular flexibility index (Phi) is 7.40. The number of nitrogens with zero attached hydrogens (tertiary/aromatic N) is 3. The Morgan fingerprint density at radius 3 is 3.06 bits per heavy atom. The monoisotopic (exact) mass is 513 g/mol. The maximum Gasteiger partial charge on any atom is 0.235 e. The largest absolute Gasteiger partial charge is 0.497 e. The number of hydrogen-bond acceptors (Lipinski definition) is 8. The summed E-state index contributed by atoms with van der Waals surface area (Å²) >= 11 is 8.01. The molecule has 1 fully saturated rings. The van der Waals surface area contributed by atoms with Crippen LogP contribution in [0.25, 0.3) is 10.9 Å². The van der Waals surface area contributed by atoms with Gasteiger partial charge in [-0.1, -0.05) is 11.6 Å². The van der Waals surface area contributed by atoms with Crippen LogP contribution in [0, 0.1) is 0 Å². The molecule has 2 aliphatic rings. The minimum Gasteiger partial charge on any atom is -0.497 e. The molecule has 3 aromatic rings. The number of aliphatic hydroxyl groups excluding tert-OH is 1. The number of carbonyl (C=O) groups excluding carboxylic acids is 1. The van der Waals surface area contributed by atoms with Crippen LogP contribution in [0.1, 0.15) is 17.7 Å². The van der Waals surface area contributed by atoms with Gasteiger partial charge in [-0.25, -0.2) is 4.98 Å². The second-order valence-electron chi connectivity index (χ2n) is 8.85. The number of nitrogens with one attached hydrogen (secondary N) is 2. The van der Waals surface area contributed by atoms with E-state index in [0.29, 0.717) is 29.7 Å². The predicted octanol–water partition coefficient (Wildman–Crippen LogP) is 3.10. The van der Waals surface area contributed by atoms with E-state index in [1.807, 2.05) is 30.3 Å². The normalized spacial score (nSPS) is 20.5. The number of piperidine rings is 1. The minimum absolute atomic E-state index is 0.0114. The smallest absolute Gasteiger partial charge is 0.235 e. The third kappa shape index (κ3) is 5.54. The molecule has 8 nitrogen and oxygen atoms in total. The first-order valence-electron chi connectivity index (χ1n) is 11.7. The number of thioether (sulfide) groups is 1. The number of pyridine rings is 2. The van der Waals surface area contributed by atoms with Crippen molar-refractivity contribution in [3.63, 3.8) is 0 Å². The van der Waals surface area contributed by atoms with Crippen molar-refractivity contribution in [2.24, 2.45) is 0 Å². The van der Waals surface area contributed by atoms with E-state index in [-0.39, 0.29) is 11.9 Å². The molecule has 0 bridgehead atoms. The molecule has 5 rings (SSSR count). The van der Waals surface area contributed by atoms with Crippen molar-refractivity contribution < 1.29 is 14.6 Å². The number of ether oxygens (including phenoxy) is 1. The second kappa shape index (κ2) is 10.7. The second-order valence-corrected chi connectivity index (χ2v) is 10.3. The van der Waals surface area contributed by atoms with Crippen molar-refractivity contribution in [2.75, 3.05) is 37.8 Å². The summed E-state index contributed by atoms with van der Waals surface area (Å²) in [6, 6.07) is 9.77. The summed E-state index contributed by atoms with van der Waals surface area (Å²) < 4.78 is 5.38. The molecule has 0 radical (unpaired) electrons. The van der Waals surface area contributed by atoms with Crippen molar-refractivity contribution in [2.45, 2.75) is 36.4 Å². The molecule has 3 N–H and O–H groups in total. The lowest BCUT2D eigenvalue weighted by molar-refractivity contribution is -0.113. The average Bonchev–Trinajstić information content (AvgIpc) is 2.87. The van der Waals surface area contributed by atoms with Gasteiger partial charge in [0.05, 0.1) is 40.1 Å². The SMILES string of the molecule is COc1ccc2ncc(Cl)c(CCN3CC[C@H](NCc4ccc5c(n4)NC(=O)CS5)[C@@H](O)C3)c2c1. The third-order valence-electron chi connectivity index (χ3n) is 6.56. The summed E-state index contributed by atoms with van der Waals surface area (Å²) in [5, 5.41) is 18.7. The van der Waals surface area contributed by atoms with E-state index in [9.17, 15) is 9.90 Å². The zero-order valence-corrected chi connectivity index (χ0v) is 21.0. The van der Waals surface area contributed by atoms with Gasteiger partial charge in [0.1, 0.15) is 11.6 Å². The molecule has 2 aromatic heterocycles. The molecule has 2 aliphatic heterocycles. The van der Waals surface area contributed by atoms with Crippen LogP contribution in [0.4, 0.5) is 5.82 Å². The van der Waals surface area contributed by atoms with E-state index in [2.05, 4.69) is 25.5 Å². The third-order valence-corrected chi connectivity index (χ3v) is 7.93. The number of likely N-dealkylation sites (tertiary alicyclic amines) is 1. The number of anilines is 1. The maximum atomic E-state index is 11.6. The Hall–Kier alpha value is -2.43. The first kappa shape index (κ1) is 24.3. The van der Waals surface area contributed by atoms with Crippen molar-refractivity contribution in [3.05, 3.63) is 52.8 Å². The lowest BCUT2D eigenvalue weighted by Gasteiger charge is -2.36. The van der Waals surface area contributed by atoms with Gasteiger partial charge in [-0.3, -0.25) is 9.78 Å². The van der Waals surface area contributed by atoms with Gasteiger partial charge >= 0.3 is 0 Å². The Balaban J connectivity index is 1.16. The summed E-state index contributed by atoms with van der Waals surface area (Å²) in [5.41, 5.74) is 2.78. The highest BCUT2D eigenvalue weighted by atomic mass is 35.5. The molecule has 35 heavy (non-hydrogen) atoms. The highest BCUT2D eigenvalue weighted by Crippen LogP contribution is 2.30. The Morgan fingerprint density at radius 2 is 2.23 bits per heavy atom. The molecule has 0 spiro atoms. The van der Waals surface area contributed by atoms with Crippen LogP contribution < -0.4 is 15.4 Å². The Bertz CT molecular complexity index is 1240. The number of rotatable bonds is 7. The number of benzene rings is 1. The number of β-amino-alcohol motifs (C(OH)–C–C–N with tert-alkyl or cyclic N) is 1. The summed E-state index contributed by atoms with van der Waals surface area (Å²) in [4.78, 5) is 23.9. The number of aromatic nitrogens is 2. The molecule has 2 atom stereocenters. The number of fused-ring (bicyclic) bond motifs is 2. The first-order valence-corrected chi connectivity index (χ1v) is 13.0. The fraction of sp³-hybridized carbons (Fsp3) is 0.400. The minimum atomic E-state index is -0.485. The fourth-order valence-electron chi connectivity index (χ4n) is 4.63.